The number of aliphatic hydroxyl groups excluding tert-OH is 3. The topological polar surface area (TPSA) is 140 Å². The van der Waals surface area contributed by atoms with Crippen LogP contribution in [0.25, 0.3) is 11.2 Å². The molecule has 0 saturated carbocycles. The van der Waals surface area contributed by atoms with Gasteiger partial charge in [0.25, 0.3) is 0 Å². The molecule has 0 spiro atoms. The number of nitrogens with two attached hydrogens (primary N) is 1. The van der Waals surface area contributed by atoms with Crippen LogP contribution in [0.1, 0.15) is 29.9 Å². The average molecular weight is 397 g/mol. The minimum Gasteiger partial charge on any atom is -0.394 e. The highest BCUT2D eigenvalue weighted by atomic mass is 16.6. The lowest BCUT2D eigenvalue weighted by molar-refractivity contribution is -0.165. The fraction of sp³-hybridized carbons (Fsp3) is 0.450. The first-order valence-electron chi connectivity index (χ1n) is 9.74. The van der Waals surface area contributed by atoms with Gasteiger partial charge in [0.15, 0.2) is 17.2 Å². The van der Waals surface area contributed by atoms with Crippen molar-refractivity contribution >= 4 is 17.0 Å². The van der Waals surface area contributed by atoms with Crippen LogP contribution < -0.4 is 5.73 Å². The first kappa shape index (κ1) is 18.4. The van der Waals surface area contributed by atoms with Crippen molar-refractivity contribution in [1.29, 1.82) is 0 Å². The highest BCUT2D eigenvalue weighted by molar-refractivity contribution is 5.81. The zero-order chi connectivity index (χ0) is 20.2. The molecule has 2 aliphatic rings. The van der Waals surface area contributed by atoms with Crippen molar-refractivity contribution in [3.05, 3.63) is 48.0 Å². The van der Waals surface area contributed by atoms with Crippen molar-refractivity contribution in [1.82, 2.24) is 19.5 Å². The van der Waals surface area contributed by atoms with E-state index in [0.29, 0.717) is 11.2 Å². The minimum absolute atomic E-state index is 0.222. The predicted molar refractivity (Wildman–Crippen MR) is 104 cm³/mol. The molecule has 1 unspecified atom stereocenters. The molecule has 1 fully saturated rings. The number of imidazole rings is 1. The Balaban J connectivity index is 1.77. The SMILES string of the molecule is Nc1ncnc2c1ncn2[C@]1(C2CCCc3ccccc32)O[C@H](CO)[C@@H](O)[C@H]1O. The molecule has 0 bridgehead atoms. The van der Waals surface area contributed by atoms with Gasteiger partial charge < -0.3 is 25.8 Å². The number of rotatable bonds is 3. The van der Waals surface area contributed by atoms with Crippen LogP contribution in [0.5, 0.6) is 0 Å². The van der Waals surface area contributed by atoms with Gasteiger partial charge in [-0.05, 0) is 30.4 Å². The van der Waals surface area contributed by atoms with Gasteiger partial charge in [-0.3, -0.25) is 4.57 Å². The first-order chi connectivity index (χ1) is 14.1. The molecule has 9 nitrogen and oxygen atoms in total. The lowest BCUT2D eigenvalue weighted by atomic mass is 9.74. The summed E-state index contributed by atoms with van der Waals surface area (Å²) in [4.78, 5) is 12.7. The Kier molecular flexibility index (Phi) is 4.28. The van der Waals surface area contributed by atoms with Crippen LogP contribution in [-0.4, -0.2) is 59.8 Å². The molecule has 5 rings (SSSR count). The molecule has 1 aliphatic heterocycles. The first-order valence-corrected chi connectivity index (χ1v) is 9.74. The van der Waals surface area contributed by atoms with Crippen LogP contribution in [0.3, 0.4) is 0 Å². The number of aliphatic hydroxyl groups is 3. The van der Waals surface area contributed by atoms with Gasteiger partial charge in [-0.15, -0.1) is 0 Å². The molecule has 5 N–H and O–H groups in total. The summed E-state index contributed by atoms with van der Waals surface area (Å²) < 4.78 is 7.93. The quantitative estimate of drug-likeness (QED) is 0.495. The largest absolute Gasteiger partial charge is 0.394 e. The number of hydrogen-bond acceptors (Lipinski definition) is 8. The number of benzene rings is 1. The van der Waals surface area contributed by atoms with E-state index in [1.165, 1.54) is 18.2 Å². The summed E-state index contributed by atoms with van der Waals surface area (Å²) in [5.41, 5.74) is 7.61. The summed E-state index contributed by atoms with van der Waals surface area (Å²) in [6.45, 7) is -0.419. The molecular formula is C20H23N5O4. The lowest BCUT2D eigenvalue weighted by Gasteiger charge is -2.43. The Hall–Kier alpha value is -2.59. The van der Waals surface area contributed by atoms with Crippen molar-refractivity contribution in [2.45, 2.75) is 49.2 Å². The second-order valence-corrected chi connectivity index (χ2v) is 7.72. The molecule has 9 heteroatoms. The monoisotopic (exact) mass is 397 g/mol. The van der Waals surface area contributed by atoms with E-state index in [0.717, 1.165) is 24.8 Å². The summed E-state index contributed by atoms with van der Waals surface area (Å²) >= 11 is 0. The van der Waals surface area contributed by atoms with Crippen molar-refractivity contribution in [3.8, 4) is 0 Å². The number of aryl methyl sites for hydroxylation is 1. The summed E-state index contributed by atoms with van der Waals surface area (Å²) in [5.74, 6) is -0.0538. The van der Waals surface area contributed by atoms with Gasteiger partial charge in [0, 0.05) is 5.92 Å². The van der Waals surface area contributed by atoms with E-state index in [1.807, 2.05) is 18.2 Å². The molecule has 3 aromatic rings. The van der Waals surface area contributed by atoms with Crippen molar-refractivity contribution in [2.75, 3.05) is 12.3 Å². The van der Waals surface area contributed by atoms with Gasteiger partial charge in [-0.2, -0.15) is 0 Å². The van der Waals surface area contributed by atoms with Gasteiger partial charge in [-0.1, -0.05) is 24.3 Å². The Morgan fingerprint density at radius 1 is 1.21 bits per heavy atom. The van der Waals surface area contributed by atoms with E-state index < -0.39 is 30.6 Å². The van der Waals surface area contributed by atoms with Gasteiger partial charge in [-0.25, -0.2) is 15.0 Å². The number of aromatic nitrogens is 4. The third kappa shape index (κ3) is 2.52. The molecule has 29 heavy (non-hydrogen) atoms. The summed E-state index contributed by atoms with van der Waals surface area (Å²) in [6.07, 6.45) is 1.93. The van der Waals surface area contributed by atoms with Gasteiger partial charge >= 0.3 is 0 Å². The number of nitrogen functional groups attached to an aromatic ring is 1. The van der Waals surface area contributed by atoms with Crippen molar-refractivity contribution < 1.29 is 20.1 Å². The van der Waals surface area contributed by atoms with Crippen molar-refractivity contribution in [2.24, 2.45) is 0 Å². The van der Waals surface area contributed by atoms with Crippen molar-refractivity contribution in [3.63, 3.8) is 0 Å². The maximum Gasteiger partial charge on any atom is 0.183 e. The highest BCUT2D eigenvalue weighted by Crippen LogP contribution is 2.51. The zero-order valence-corrected chi connectivity index (χ0v) is 15.7. The Morgan fingerprint density at radius 2 is 2.03 bits per heavy atom. The molecule has 1 saturated heterocycles. The van der Waals surface area contributed by atoms with Gasteiger partial charge in [0.1, 0.15) is 30.2 Å². The fourth-order valence-electron chi connectivity index (χ4n) is 4.92. The third-order valence-corrected chi connectivity index (χ3v) is 6.26. The number of fused-ring (bicyclic) bond motifs is 2. The molecule has 5 atom stereocenters. The van der Waals surface area contributed by atoms with Gasteiger partial charge in [0.05, 0.1) is 12.9 Å². The smallest absolute Gasteiger partial charge is 0.183 e. The maximum atomic E-state index is 11.3. The lowest BCUT2D eigenvalue weighted by Crippen LogP contribution is -2.50. The molecule has 152 valence electrons. The zero-order valence-electron chi connectivity index (χ0n) is 15.7. The molecule has 2 aromatic heterocycles. The van der Waals surface area contributed by atoms with E-state index in [4.69, 9.17) is 10.5 Å². The van der Waals surface area contributed by atoms with Gasteiger partial charge in [0.2, 0.25) is 0 Å². The summed E-state index contributed by atoms with van der Waals surface area (Å²) in [7, 11) is 0. The summed E-state index contributed by atoms with van der Waals surface area (Å²) in [6, 6.07) is 8.05. The molecular weight excluding hydrogens is 374 g/mol. The third-order valence-electron chi connectivity index (χ3n) is 6.26. The highest BCUT2D eigenvalue weighted by Gasteiger charge is 2.60. The number of nitrogens with zero attached hydrogens (tertiary/aromatic N) is 4. The number of anilines is 1. The Morgan fingerprint density at radius 3 is 2.83 bits per heavy atom. The maximum absolute atomic E-state index is 11.3. The van der Waals surface area contributed by atoms with Crippen LogP contribution in [0.15, 0.2) is 36.9 Å². The fourth-order valence-corrected chi connectivity index (χ4v) is 4.92. The molecule has 1 aliphatic carbocycles. The minimum atomic E-state index is -1.39. The van der Waals surface area contributed by atoms with Crippen LogP contribution in [0, 0.1) is 0 Å². The average Bonchev–Trinajstić information content (AvgIpc) is 3.29. The second-order valence-electron chi connectivity index (χ2n) is 7.72. The number of ether oxygens (including phenoxy) is 1. The molecule has 1 aromatic carbocycles. The van der Waals surface area contributed by atoms with E-state index >= 15 is 0 Å². The van der Waals surface area contributed by atoms with E-state index in [2.05, 4.69) is 21.0 Å². The molecule has 0 radical (unpaired) electrons. The second kappa shape index (κ2) is 6.74. The number of hydrogen-bond donors (Lipinski definition) is 4. The van der Waals surface area contributed by atoms with E-state index in [1.54, 1.807) is 4.57 Å². The summed E-state index contributed by atoms with van der Waals surface area (Å²) in [5, 5.41) is 31.7. The standard InChI is InChI=1S/C20H23N5O4/c21-18-15-19(23-9-22-18)25(10-24-15)20(17(28)16(27)14(8-26)29-20)13-7-3-5-11-4-1-2-6-12(11)13/h1-2,4,6,9-10,13-14,16-17,26-28H,3,5,7-8H2,(H2,21,22,23)/t13?,14-,16-,17-,20-/m1/s1. The Bertz CT molecular complexity index is 1060. The normalized spacial score (nSPS) is 31.8. The van der Waals surface area contributed by atoms with E-state index in [9.17, 15) is 15.3 Å². The van der Waals surface area contributed by atoms with Crippen LogP contribution in [-0.2, 0) is 16.9 Å². The molecule has 0 amide bonds. The predicted octanol–water partition coefficient (Wildman–Crippen LogP) is 0.294. The van der Waals surface area contributed by atoms with Crippen LogP contribution in [0.4, 0.5) is 5.82 Å². The van der Waals surface area contributed by atoms with Crippen LogP contribution >= 0.6 is 0 Å². The van der Waals surface area contributed by atoms with E-state index in [-0.39, 0.29) is 11.7 Å². The molecule has 3 heterocycles. The van der Waals surface area contributed by atoms with Crippen LogP contribution in [0.2, 0.25) is 0 Å². The Labute approximate surface area is 166 Å².